The molecule has 118 valence electrons. The van der Waals surface area contributed by atoms with Crippen LogP contribution in [0.5, 0.6) is 11.5 Å². The molecule has 0 unspecified atom stereocenters. The van der Waals surface area contributed by atoms with Gasteiger partial charge in [0.1, 0.15) is 0 Å². The summed E-state index contributed by atoms with van der Waals surface area (Å²) < 4.78 is 10.4. The highest BCUT2D eigenvalue weighted by Gasteiger charge is 2.22. The van der Waals surface area contributed by atoms with Crippen molar-refractivity contribution in [3.63, 3.8) is 0 Å². The summed E-state index contributed by atoms with van der Waals surface area (Å²) in [4.78, 5) is 19.4. The summed E-state index contributed by atoms with van der Waals surface area (Å²) in [5, 5.41) is 12.2. The molecule has 4 rings (SSSR count). The zero-order valence-electron chi connectivity index (χ0n) is 12.4. The van der Waals surface area contributed by atoms with Crippen LogP contribution in [-0.4, -0.2) is 22.9 Å². The molecule has 0 atom stereocenters. The minimum absolute atomic E-state index is 0.0603. The number of rotatable bonds is 3. The van der Waals surface area contributed by atoms with Crippen LogP contribution < -0.4 is 9.47 Å². The van der Waals surface area contributed by atoms with Gasteiger partial charge in [-0.1, -0.05) is 6.07 Å². The molecule has 0 spiro atoms. The fourth-order valence-electron chi connectivity index (χ4n) is 2.50. The Kier molecular flexibility index (Phi) is 3.31. The third-order valence-corrected chi connectivity index (χ3v) is 3.66. The standard InChI is InChI=1S/C17H11N3O4/c21-20(22)15-8-17-16(23-10-24-17)7-12(15)9-19-13-3-4-14-11(6-13)2-1-5-18-14/h1-9H,10H2. The van der Waals surface area contributed by atoms with Gasteiger partial charge >= 0.3 is 0 Å². The number of aliphatic imine (C=N–C) groups is 1. The quantitative estimate of drug-likeness (QED) is 0.418. The molecule has 7 heteroatoms. The predicted octanol–water partition coefficient (Wildman–Crippen LogP) is 3.62. The van der Waals surface area contributed by atoms with Crippen LogP contribution >= 0.6 is 0 Å². The van der Waals surface area contributed by atoms with E-state index in [4.69, 9.17) is 9.47 Å². The molecule has 1 aliphatic heterocycles. The van der Waals surface area contributed by atoms with Crippen molar-refractivity contribution in [2.45, 2.75) is 0 Å². The van der Waals surface area contributed by atoms with Gasteiger partial charge in [-0.2, -0.15) is 0 Å². The molecule has 2 heterocycles. The van der Waals surface area contributed by atoms with Gasteiger partial charge < -0.3 is 9.47 Å². The highest BCUT2D eigenvalue weighted by Crippen LogP contribution is 2.37. The van der Waals surface area contributed by atoms with Gasteiger partial charge in [0, 0.05) is 17.8 Å². The van der Waals surface area contributed by atoms with E-state index in [1.54, 1.807) is 12.3 Å². The molecule has 1 aromatic heterocycles. The van der Waals surface area contributed by atoms with Gasteiger partial charge in [-0.15, -0.1) is 0 Å². The van der Waals surface area contributed by atoms with Crippen molar-refractivity contribution < 1.29 is 14.4 Å². The molecule has 7 nitrogen and oxygen atoms in total. The second-order valence-corrected chi connectivity index (χ2v) is 5.16. The Balaban J connectivity index is 1.73. The number of ether oxygens (including phenoxy) is 2. The molecular weight excluding hydrogens is 310 g/mol. The molecule has 0 bridgehead atoms. The van der Waals surface area contributed by atoms with E-state index >= 15 is 0 Å². The first-order chi connectivity index (χ1) is 11.7. The Morgan fingerprint density at radius 2 is 2.00 bits per heavy atom. The first kappa shape index (κ1) is 14.1. The Hall–Kier alpha value is -3.48. The Labute approximate surface area is 136 Å². The third kappa shape index (κ3) is 2.52. The smallest absolute Gasteiger partial charge is 0.282 e. The van der Waals surface area contributed by atoms with E-state index in [1.807, 2.05) is 30.3 Å². The van der Waals surface area contributed by atoms with E-state index in [1.165, 1.54) is 12.3 Å². The lowest BCUT2D eigenvalue weighted by molar-refractivity contribution is -0.385. The van der Waals surface area contributed by atoms with E-state index in [0.29, 0.717) is 22.7 Å². The number of nitrogens with zero attached hydrogens (tertiary/aromatic N) is 3. The molecule has 0 radical (unpaired) electrons. The fourth-order valence-corrected chi connectivity index (χ4v) is 2.50. The average molecular weight is 321 g/mol. The van der Waals surface area contributed by atoms with Gasteiger partial charge in [-0.05, 0) is 30.3 Å². The number of nitro benzene ring substituents is 1. The van der Waals surface area contributed by atoms with E-state index in [0.717, 1.165) is 10.9 Å². The van der Waals surface area contributed by atoms with Gasteiger partial charge in [0.15, 0.2) is 11.5 Å². The topological polar surface area (TPSA) is 86.9 Å². The largest absolute Gasteiger partial charge is 0.454 e. The summed E-state index contributed by atoms with van der Waals surface area (Å²) in [6, 6.07) is 12.2. The lowest BCUT2D eigenvalue weighted by Gasteiger charge is -2.01. The van der Waals surface area contributed by atoms with Crippen LogP contribution in [0.2, 0.25) is 0 Å². The van der Waals surface area contributed by atoms with Crippen molar-refractivity contribution in [2.75, 3.05) is 6.79 Å². The molecule has 0 amide bonds. The van der Waals surface area contributed by atoms with E-state index in [-0.39, 0.29) is 12.5 Å². The minimum Gasteiger partial charge on any atom is -0.454 e. The molecule has 0 aliphatic carbocycles. The van der Waals surface area contributed by atoms with Gasteiger partial charge in [-0.25, -0.2) is 0 Å². The first-order valence-electron chi connectivity index (χ1n) is 7.17. The van der Waals surface area contributed by atoms with E-state index in [9.17, 15) is 10.1 Å². The molecular formula is C17H11N3O4. The molecule has 1 aliphatic rings. The highest BCUT2D eigenvalue weighted by atomic mass is 16.7. The SMILES string of the molecule is O=[N+]([O-])c1cc2c(cc1C=Nc1ccc3ncccc3c1)OCO2. The van der Waals surface area contributed by atoms with Crippen LogP contribution in [0.4, 0.5) is 11.4 Å². The second kappa shape index (κ2) is 5.62. The summed E-state index contributed by atoms with van der Waals surface area (Å²) in [7, 11) is 0. The van der Waals surface area contributed by atoms with Crippen molar-refractivity contribution in [1.82, 2.24) is 4.98 Å². The highest BCUT2D eigenvalue weighted by molar-refractivity contribution is 5.90. The minimum atomic E-state index is -0.465. The van der Waals surface area contributed by atoms with Crippen LogP contribution in [0.1, 0.15) is 5.56 Å². The number of hydrogen-bond donors (Lipinski definition) is 0. The van der Waals surface area contributed by atoms with Crippen LogP contribution in [-0.2, 0) is 0 Å². The van der Waals surface area contributed by atoms with Crippen LogP contribution in [0, 0.1) is 10.1 Å². The molecule has 0 fully saturated rings. The zero-order valence-corrected chi connectivity index (χ0v) is 12.4. The molecule has 0 N–H and O–H groups in total. The second-order valence-electron chi connectivity index (χ2n) is 5.16. The summed E-state index contributed by atoms with van der Waals surface area (Å²) in [5.74, 6) is 0.848. The van der Waals surface area contributed by atoms with Crippen LogP contribution in [0.3, 0.4) is 0 Å². The van der Waals surface area contributed by atoms with Crippen LogP contribution in [0.15, 0.2) is 53.7 Å². The number of hydrogen-bond acceptors (Lipinski definition) is 6. The molecule has 24 heavy (non-hydrogen) atoms. The lowest BCUT2D eigenvalue weighted by atomic mass is 10.1. The fraction of sp³-hybridized carbons (Fsp3) is 0.0588. The molecule has 3 aromatic rings. The summed E-state index contributed by atoms with van der Waals surface area (Å²) in [6.07, 6.45) is 3.18. The molecule has 0 saturated heterocycles. The van der Waals surface area contributed by atoms with E-state index in [2.05, 4.69) is 9.98 Å². The van der Waals surface area contributed by atoms with Crippen molar-refractivity contribution in [2.24, 2.45) is 4.99 Å². The number of aromatic nitrogens is 1. The normalized spacial score (nSPS) is 12.8. The van der Waals surface area contributed by atoms with Gasteiger partial charge in [0.2, 0.25) is 6.79 Å². The summed E-state index contributed by atoms with van der Waals surface area (Å²) in [5.41, 5.74) is 1.83. The Morgan fingerprint density at radius 3 is 2.83 bits per heavy atom. The lowest BCUT2D eigenvalue weighted by Crippen LogP contribution is -1.94. The number of fused-ring (bicyclic) bond motifs is 2. The number of pyridine rings is 1. The van der Waals surface area contributed by atoms with Crippen LogP contribution in [0.25, 0.3) is 10.9 Å². The number of benzene rings is 2. The van der Waals surface area contributed by atoms with Crippen molar-refractivity contribution >= 4 is 28.5 Å². The summed E-state index contributed by atoms with van der Waals surface area (Å²) in [6.45, 7) is 0.0603. The van der Waals surface area contributed by atoms with Crippen molar-refractivity contribution in [3.05, 3.63) is 64.3 Å². The third-order valence-electron chi connectivity index (χ3n) is 3.66. The van der Waals surface area contributed by atoms with E-state index < -0.39 is 4.92 Å². The Morgan fingerprint density at radius 1 is 1.17 bits per heavy atom. The average Bonchev–Trinajstić information content (AvgIpc) is 3.06. The maximum absolute atomic E-state index is 11.2. The molecule has 2 aromatic carbocycles. The van der Waals surface area contributed by atoms with Crippen molar-refractivity contribution in [1.29, 1.82) is 0 Å². The van der Waals surface area contributed by atoms with Gasteiger partial charge in [0.25, 0.3) is 5.69 Å². The van der Waals surface area contributed by atoms with Crippen molar-refractivity contribution in [3.8, 4) is 11.5 Å². The number of nitro groups is 1. The maximum atomic E-state index is 11.2. The Bertz CT molecular complexity index is 985. The maximum Gasteiger partial charge on any atom is 0.282 e. The predicted molar refractivity (Wildman–Crippen MR) is 88.2 cm³/mol. The van der Waals surface area contributed by atoms with Gasteiger partial charge in [-0.3, -0.25) is 20.1 Å². The summed E-state index contributed by atoms with van der Waals surface area (Å²) >= 11 is 0. The molecule has 0 saturated carbocycles. The first-order valence-corrected chi connectivity index (χ1v) is 7.17. The van der Waals surface area contributed by atoms with Gasteiger partial charge in [0.05, 0.1) is 27.8 Å². The zero-order chi connectivity index (χ0) is 16.5. The monoisotopic (exact) mass is 321 g/mol.